The van der Waals surface area contributed by atoms with Crippen molar-refractivity contribution in [3.05, 3.63) is 59.2 Å². The molecule has 2 fully saturated rings. The fourth-order valence-electron chi connectivity index (χ4n) is 6.06. The quantitative estimate of drug-likeness (QED) is 0.185. The first kappa shape index (κ1) is 41.1. The highest BCUT2D eigenvalue weighted by Gasteiger charge is 2.27. The molecule has 2 aromatic carbocycles. The molecular formula is C36H56N2O6S3. The molecule has 1 saturated carbocycles. The maximum atomic E-state index is 13.4. The number of carbonyl (C=O) groups is 2. The third-order valence-corrected chi connectivity index (χ3v) is 10.3. The number of rotatable bonds is 14. The molecule has 1 aliphatic heterocycles. The van der Waals surface area contributed by atoms with E-state index in [-0.39, 0.29) is 12.2 Å². The molecule has 2 aromatic rings. The van der Waals surface area contributed by atoms with Gasteiger partial charge in [-0.15, -0.1) is 0 Å². The Morgan fingerprint density at radius 2 is 1.72 bits per heavy atom. The Bertz CT molecular complexity index is 1350. The predicted octanol–water partition coefficient (Wildman–Crippen LogP) is 6.76. The number of sulfone groups is 1. The van der Waals surface area contributed by atoms with Gasteiger partial charge in [0.25, 0.3) is 5.91 Å². The fourth-order valence-corrected chi connectivity index (χ4v) is 6.73. The van der Waals surface area contributed by atoms with Gasteiger partial charge in [-0.25, -0.2) is 13.2 Å². The smallest absolute Gasteiger partial charge is 0.326 e. The lowest BCUT2D eigenvalue weighted by Crippen LogP contribution is -2.42. The van der Waals surface area contributed by atoms with Crippen molar-refractivity contribution in [2.45, 2.75) is 83.8 Å². The van der Waals surface area contributed by atoms with Crippen molar-refractivity contribution in [2.75, 3.05) is 50.0 Å². The van der Waals surface area contributed by atoms with Crippen molar-refractivity contribution in [3.8, 4) is 11.1 Å². The lowest BCUT2D eigenvalue weighted by atomic mass is 9.90. The molecule has 2 N–H and O–H groups in total. The number of hydrogen-bond acceptors (Lipinski definition) is 8. The minimum absolute atomic E-state index is 0.198. The number of benzene rings is 2. The molecule has 1 aliphatic carbocycles. The number of carboxylic acids is 1. The first-order valence-electron chi connectivity index (χ1n) is 16.7. The normalized spacial score (nSPS) is 17.5. The number of amides is 1. The van der Waals surface area contributed by atoms with Crippen LogP contribution in [0.15, 0.2) is 42.5 Å². The number of ether oxygens (including phenoxy) is 1. The minimum atomic E-state index is -3.37. The van der Waals surface area contributed by atoms with Gasteiger partial charge < -0.3 is 15.2 Å². The summed E-state index contributed by atoms with van der Waals surface area (Å²) in [6, 6.07) is 12.6. The van der Waals surface area contributed by atoms with Gasteiger partial charge in [-0.2, -0.15) is 24.4 Å². The summed E-state index contributed by atoms with van der Waals surface area (Å²) < 4.78 is 29.4. The molecule has 1 saturated heterocycles. The van der Waals surface area contributed by atoms with E-state index in [0.717, 1.165) is 67.7 Å². The van der Waals surface area contributed by atoms with Crippen LogP contribution in [0.25, 0.3) is 11.1 Å². The molecule has 1 unspecified atom stereocenters. The average Bonchev–Trinajstić information content (AvgIpc) is 3.50. The second kappa shape index (κ2) is 21.8. The Hall–Kier alpha value is -2.05. The zero-order chi connectivity index (χ0) is 34.8. The fraction of sp³-hybridized carbons (Fsp3) is 0.611. The number of carboxylic acid groups (broad SMARTS) is 1. The Balaban J connectivity index is 0.00000119. The van der Waals surface area contributed by atoms with Crippen LogP contribution in [0, 0.1) is 12.8 Å². The number of nitrogens with zero attached hydrogens (tertiary/aromatic N) is 1. The van der Waals surface area contributed by atoms with Crippen LogP contribution in [-0.4, -0.2) is 92.4 Å². The van der Waals surface area contributed by atoms with Crippen LogP contribution in [-0.2, 0) is 25.9 Å². The van der Waals surface area contributed by atoms with Crippen molar-refractivity contribution in [1.29, 1.82) is 0 Å². The molecule has 1 amide bonds. The topological polar surface area (TPSA) is 113 Å². The van der Waals surface area contributed by atoms with E-state index in [0.29, 0.717) is 17.5 Å². The van der Waals surface area contributed by atoms with E-state index in [1.165, 1.54) is 37.9 Å². The number of aliphatic carboxylic acids is 1. The van der Waals surface area contributed by atoms with Crippen molar-refractivity contribution in [1.82, 2.24) is 10.2 Å². The third kappa shape index (κ3) is 14.5. The summed E-state index contributed by atoms with van der Waals surface area (Å²) in [4.78, 5) is 27.7. The molecule has 1 heterocycles. The van der Waals surface area contributed by atoms with E-state index in [2.05, 4.69) is 36.0 Å². The second-order valence-corrected chi connectivity index (χ2v) is 15.8. The van der Waals surface area contributed by atoms with Crippen LogP contribution >= 0.6 is 24.4 Å². The average molecular weight is 709 g/mol. The molecule has 47 heavy (non-hydrogen) atoms. The van der Waals surface area contributed by atoms with Gasteiger partial charge >= 0.3 is 5.97 Å². The van der Waals surface area contributed by atoms with E-state index in [4.69, 9.17) is 4.74 Å². The third-order valence-electron chi connectivity index (χ3n) is 8.71. The highest BCUT2D eigenvalue weighted by Crippen LogP contribution is 2.30. The highest BCUT2D eigenvalue weighted by atomic mass is 32.2. The van der Waals surface area contributed by atoms with E-state index >= 15 is 0 Å². The van der Waals surface area contributed by atoms with Gasteiger partial charge in [-0.05, 0) is 104 Å². The van der Waals surface area contributed by atoms with Crippen molar-refractivity contribution >= 4 is 46.1 Å². The van der Waals surface area contributed by atoms with Gasteiger partial charge in [0.05, 0.1) is 12.4 Å². The van der Waals surface area contributed by atoms with Gasteiger partial charge in [0, 0.05) is 31.0 Å². The summed E-state index contributed by atoms with van der Waals surface area (Å²) in [5.74, 6) is -0.191. The summed E-state index contributed by atoms with van der Waals surface area (Å²) >= 11 is 5.38. The number of thiol groups is 1. The van der Waals surface area contributed by atoms with E-state index < -0.39 is 27.8 Å². The molecule has 0 bridgehead atoms. The van der Waals surface area contributed by atoms with Gasteiger partial charge in [-0.3, -0.25) is 9.69 Å². The lowest BCUT2D eigenvalue weighted by Gasteiger charge is -2.27. The molecule has 0 aromatic heterocycles. The van der Waals surface area contributed by atoms with Crippen molar-refractivity contribution < 1.29 is 27.9 Å². The van der Waals surface area contributed by atoms with E-state index in [1.54, 1.807) is 12.3 Å². The SMILES string of the molecule is CCSC.CS.Cc1ccccc1-c1cc(CN2CCC[C@H]2COCC2CCCCC2)ccc1C(=O)NC(CCS(C)(=O)=O)C(=O)O. The summed E-state index contributed by atoms with van der Waals surface area (Å²) in [6.45, 7) is 7.46. The van der Waals surface area contributed by atoms with Gasteiger partial charge in [0.2, 0.25) is 0 Å². The molecule has 2 atom stereocenters. The van der Waals surface area contributed by atoms with Gasteiger partial charge in [0.15, 0.2) is 0 Å². The Morgan fingerprint density at radius 1 is 1.04 bits per heavy atom. The summed E-state index contributed by atoms with van der Waals surface area (Å²) in [7, 11) is -3.37. The summed E-state index contributed by atoms with van der Waals surface area (Å²) in [5.41, 5.74) is 4.07. The molecule has 11 heteroatoms. The number of nitrogens with one attached hydrogen (secondary N) is 1. The zero-order valence-electron chi connectivity index (χ0n) is 28.9. The molecule has 0 radical (unpaired) electrons. The minimum Gasteiger partial charge on any atom is -0.480 e. The number of aryl methyl sites for hydroxylation is 1. The lowest BCUT2D eigenvalue weighted by molar-refractivity contribution is -0.139. The van der Waals surface area contributed by atoms with Crippen LogP contribution < -0.4 is 5.32 Å². The van der Waals surface area contributed by atoms with Crippen LogP contribution in [0.4, 0.5) is 0 Å². The summed E-state index contributed by atoms with van der Waals surface area (Å²) in [6.07, 6.45) is 13.4. The van der Waals surface area contributed by atoms with E-state index in [9.17, 15) is 23.1 Å². The maximum Gasteiger partial charge on any atom is 0.326 e. The Labute approximate surface area is 293 Å². The molecule has 4 rings (SSSR count). The molecular weight excluding hydrogens is 653 g/mol. The highest BCUT2D eigenvalue weighted by molar-refractivity contribution is 7.98. The molecule has 2 aliphatic rings. The Morgan fingerprint density at radius 3 is 2.34 bits per heavy atom. The number of thioether (sulfide) groups is 1. The van der Waals surface area contributed by atoms with Crippen molar-refractivity contribution in [3.63, 3.8) is 0 Å². The number of carbonyl (C=O) groups excluding carboxylic acids is 1. The van der Waals surface area contributed by atoms with Crippen molar-refractivity contribution in [2.24, 2.45) is 5.92 Å². The summed E-state index contributed by atoms with van der Waals surface area (Å²) in [5, 5.41) is 12.2. The largest absolute Gasteiger partial charge is 0.480 e. The second-order valence-electron chi connectivity index (χ2n) is 12.4. The van der Waals surface area contributed by atoms with Crippen LogP contribution in [0.5, 0.6) is 0 Å². The maximum absolute atomic E-state index is 13.4. The standard InChI is InChI=1S/C32H44N2O6S.C3H8S.CH4S/c1-23-9-6-7-13-27(23)29-19-25(14-15-28(29)31(35)33-30(32(36)37)16-18-41(2,38)39)20-34-17-8-12-26(34)22-40-21-24-10-4-3-5-11-24;1-3-4-2;1-2/h6-7,9,13-15,19,24,26,30H,3-5,8,10-12,16-18,20-22H2,1-2H3,(H,33,35)(H,36,37);3H2,1-2H3;2H,1H3/t26-,30?;;/m0../s1. The van der Waals surface area contributed by atoms with Gasteiger partial charge in [-0.1, -0.05) is 56.5 Å². The molecule has 0 spiro atoms. The zero-order valence-corrected chi connectivity index (χ0v) is 31.4. The molecule has 264 valence electrons. The van der Waals surface area contributed by atoms with E-state index in [1.807, 2.05) is 55.1 Å². The van der Waals surface area contributed by atoms with Gasteiger partial charge in [0.1, 0.15) is 15.9 Å². The van der Waals surface area contributed by atoms with Crippen LogP contribution in [0.2, 0.25) is 0 Å². The first-order chi connectivity index (χ1) is 22.5. The number of likely N-dealkylation sites (tertiary alicyclic amines) is 1. The number of hydrogen-bond donors (Lipinski definition) is 3. The Kier molecular flexibility index (Phi) is 19.1. The van der Waals surface area contributed by atoms with Crippen LogP contribution in [0.1, 0.15) is 79.8 Å². The monoisotopic (exact) mass is 708 g/mol. The first-order valence-corrected chi connectivity index (χ1v) is 21.0. The molecule has 8 nitrogen and oxygen atoms in total. The van der Waals surface area contributed by atoms with Crippen LogP contribution in [0.3, 0.4) is 0 Å². The predicted molar refractivity (Wildman–Crippen MR) is 200 cm³/mol.